The van der Waals surface area contributed by atoms with E-state index >= 15 is 0 Å². The number of fused-ring (bicyclic) bond motifs is 1. The first kappa shape index (κ1) is 20.6. The fraction of sp³-hybridized carbons (Fsp3) is 0.577. The molecular weight excluding hydrogens is 384 g/mol. The molecule has 5 rings (SSSR count). The smallest absolute Gasteiger partial charge is 0.317 e. The lowest BCUT2D eigenvalue weighted by Gasteiger charge is -2.30. The molecule has 1 aromatic carbocycles. The lowest BCUT2D eigenvalue weighted by atomic mass is 9.95. The SMILES string of the molecule is O=C(NC1CCCCC1)N1CC=C(c2ccc3[nH]cc(CCN4CCCC4)c3c2)CC1. The molecule has 0 radical (unpaired) electrons. The highest BCUT2D eigenvalue weighted by Crippen LogP contribution is 2.28. The van der Waals surface area contributed by atoms with Crippen molar-refractivity contribution in [2.75, 3.05) is 32.7 Å². The van der Waals surface area contributed by atoms with Gasteiger partial charge in [0, 0.05) is 42.8 Å². The molecule has 31 heavy (non-hydrogen) atoms. The van der Waals surface area contributed by atoms with E-state index < -0.39 is 0 Å². The summed E-state index contributed by atoms with van der Waals surface area (Å²) in [4.78, 5) is 20.7. The number of H-pyrrole nitrogens is 1. The van der Waals surface area contributed by atoms with Gasteiger partial charge in [0.05, 0.1) is 0 Å². The minimum absolute atomic E-state index is 0.118. The van der Waals surface area contributed by atoms with Crippen LogP contribution >= 0.6 is 0 Å². The molecule has 0 unspecified atom stereocenters. The fourth-order valence-electron chi connectivity index (χ4n) is 5.50. The average Bonchev–Trinajstić information content (AvgIpc) is 3.48. The molecule has 2 fully saturated rings. The van der Waals surface area contributed by atoms with E-state index in [0.29, 0.717) is 12.6 Å². The summed E-state index contributed by atoms with van der Waals surface area (Å²) in [6.45, 7) is 5.18. The molecule has 1 saturated heterocycles. The van der Waals surface area contributed by atoms with Gasteiger partial charge in [-0.2, -0.15) is 0 Å². The highest BCUT2D eigenvalue weighted by atomic mass is 16.2. The Labute approximate surface area is 185 Å². The van der Waals surface area contributed by atoms with Crippen molar-refractivity contribution < 1.29 is 4.79 Å². The molecule has 0 spiro atoms. The normalized spacial score (nSPS) is 20.9. The Kier molecular flexibility index (Phi) is 6.30. The molecule has 3 aliphatic rings. The third-order valence-corrected chi connectivity index (χ3v) is 7.46. The van der Waals surface area contributed by atoms with E-state index in [2.05, 4.69) is 45.7 Å². The van der Waals surface area contributed by atoms with E-state index in [9.17, 15) is 4.79 Å². The number of amides is 2. The van der Waals surface area contributed by atoms with Gasteiger partial charge in [0.25, 0.3) is 0 Å². The minimum Gasteiger partial charge on any atom is -0.361 e. The Morgan fingerprint density at radius 1 is 1.06 bits per heavy atom. The van der Waals surface area contributed by atoms with E-state index in [0.717, 1.165) is 38.8 Å². The van der Waals surface area contributed by atoms with Crippen molar-refractivity contribution in [3.8, 4) is 0 Å². The number of likely N-dealkylation sites (tertiary alicyclic amines) is 1. The average molecular weight is 421 g/mol. The van der Waals surface area contributed by atoms with Crippen LogP contribution in [0.2, 0.25) is 0 Å². The number of hydrogen-bond acceptors (Lipinski definition) is 2. The van der Waals surface area contributed by atoms with Gasteiger partial charge in [-0.15, -0.1) is 0 Å². The molecule has 1 saturated carbocycles. The number of urea groups is 1. The number of nitrogens with zero attached hydrogens (tertiary/aromatic N) is 2. The summed E-state index contributed by atoms with van der Waals surface area (Å²) in [6, 6.07) is 7.29. The summed E-state index contributed by atoms with van der Waals surface area (Å²) in [5.74, 6) is 0. The topological polar surface area (TPSA) is 51.4 Å². The molecule has 2 aliphatic heterocycles. The van der Waals surface area contributed by atoms with Crippen LogP contribution in [0.5, 0.6) is 0 Å². The number of aromatic amines is 1. The van der Waals surface area contributed by atoms with Crippen molar-refractivity contribution in [2.24, 2.45) is 0 Å². The zero-order valence-corrected chi connectivity index (χ0v) is 18.7. The number of carbonyl (C=O) groups excluding carboxylic acids is 1. The van der Waals surface area contributed by atoms with E-state index in [-0.39, 0.29) is 6.03 Å². The van der Waals surface area contributed by atoms with E-state index in [1.54, 1.807) is 0 Å². The lowest BCUT2D eigenvalue weighted by Crippen LogP contribution is -2.46. The van der Waals surface area contributed by atoms with Crippen LogP contribution in [-0.4, -0.2) is 59.6 Å². The van der Waals surface area contributed by atoms with Crippen molar-refractivity contribution in [2.45, 2.75) is 63.8 Å². The second kappa shape index (κ2) is 9.47. The van der Waals surface area contributed by atoms with Crippen LogP contribution in [0.25, 0.3) is 16.5 Å². The molecule has 166 valence electrons. The van der Waals surface area contributed by atoms with E-state index in [1.165, 1.54) is 72.8 Å². The highest BCUT2D eigenvalue weighted by Gasteiger charge is 2.22. The maximum Gasteiger partial charge on any atom is 0.317 e. The zero-order chi connectivity index (χ0) is 21.0. The molecule has 2 N–H and O–H groups in total. The standard InChI is InChI=1S/C26H36N4O/c31-26(28-23-6-2-1-3-7-23)30-16-11-20(12-17-30)21-8-9-25-24(18-21)22(19-27-25)10-15-29-13-4-5-14-29/h8-9,11,18-19,23,27H,1-7,10,12-17H2,(H,28,31). The van der Waals surface area contributed by atoms with Gasteiger partial charge in [0.15, 0.2) is 0 Å². The van der Waals surface area contributed by atoms with Gasteiger partial charge in [0.2, 0.25) is 0 Å². The van der Waals surface area contributed by atoms with Gasteiger partial charge in [-0.05, 0) is 80.4 Å². The number of nitrogens with one attached hydrogen (secondary N) is 2. The fourth-order valence-corrected chi connectivity index (χ4v) is 5.50. The minimum atomic E-state index is 0.118. The van der Waals surface area contributed by atoms with Gasteiger partial charge >= 0.3 is 6.03 Å². The predicted octanol–water partition coefficient (Wildman–Crippen LogP) is 4.94. The van der Waals surface area contributed by atoms with Gasteiger partial charge in [-0.1, -0.05) is 31.4 Å². The first-order chi connectivity index (χ1) is 15.3. The van der Waals surface area contributed by atoms with Crippen LogP contribution in [0.3, 0.4) is 0 Å². The lowest BCUT2D eigenvalue weighted by molar-refractivity contribution is 0.195. The van der Waals surface area contributed by atoms with Gasteiger partial charge in [0.1, 0.15) is 0 Å². The van der Waals surface area contributed by atoms with Crippen LogP contribution in [0, 0.1) is 0 Å². The van der Waals surface area contributed by atoms with Crippen molar-refractivity contribution in [3.05, 3.63) is 41.6 Å². The van der Waals surface area contributed by atoms with Crippen LogP contribution in [-0.2, 0) is 6.42 Å². The maximum absolute atomic E-state index is 12.7. The molecule has 1 aliphatic carbocycles. The number of hydrogen-bond donors (Lipinski definition) is 2. The Morgan fingerprint density at radius 2 is 1.90 bits per heavy atom. The van der Waals surface area contributed by atoms with Gasteiger partial charge < -0.3 is 20.1 Å². The summed E-state index contributed by atoms with van der Waals surface area (Å²) in [5, 5.41) is 4.61. The van der Waals surface area contributed by atoms with Crippen molar-refractivity contribution in [1.29, 1.82) is 0 Å². The van der Waals surface area contributed by atoms with Gasteiger partial charge in [-0.3, -0.25) is 0 Å². The van der Waals surface area contributed by atoms with Crippen molar-refractivity contribution in [1.82, 2.24) is 20.1 Å². The predicted molar refractivity (Wildman–Crippen MR) is 127 cm³/mol. The maximum atomic E-state index is 12.7. The quantitative estimate of drug-likeness (QED) is 0.720. The largest absolute Gasteiger partial charge is 0.361 e. The van der Waals surface area contributed by atoms with Crippen molar-refractivity contribution >= 4 is 22.5 Å². The van der Waals surface area contributed by atoms with Crippen molar-refractivity contribution in [3.63, 3.8) is 0 Å². The number of rotatable bonds is 5. The van der Waals surface area contributed by atoms with E-state index in [4.69, 9.17) is 0 Å². The molecule has 2 amide bonds. The number of aromatic nitrogens is 1. The Balaban J connectivity index is 1.23. The van der Waals surface area contributed by atoms with Crippen LogP contribution < -0.4 is 5.32 Å². The molecule has 1 aromatic heterocycles. The summed E-state index contributed by atoms with van der Waals surface area (Å²) in [7, 11) is 0. The summed E-state index contributed by atoms with van der Waals surface area (Å²) >= 11 is 0. The summed E-state index contributed by atoms with van der Waals surface area (Å²) in [5.41, 5.74) is 5.33. The second-order valence-electron chi connectivity index (χ2n) is 9.58. The van der Waals surface area contributed by atoms with Crippen LogP contribution in [0.15, 0.2) is 30.5 Å². The van der Waals surface area contributed by atoms with E-state index in [1.807, 2.05) is 4.90 Å². The molecule has 5 nitrogen and oxygen atoms in total. The molecule has 2 aromatic rings. The third kappa shape index (κ3) is 4.82. The molecule has 0 bridgehead atoms. The zero-order valence-electron chi connectivity index (χ0n) is 18.7. The molecule has 0 atom stereocenters. The summed E-state index contributed by atoms with van der Waals surface area (Å²) in [6.07, 6.45) is 15.3. The Hall–Kier alpha value is -2.27. The summed E-state index contributed by atoms with van der Waals surface area (Å²) < 4.78 is 0. The molecule has 5 heteroatoms. The monoisotopic (exact) mass is 420 g/mol. The van der Waals surface area contributed by atoms with Gasteiger partial charge in [-0.25, -0.2) is 4.79 Å². The Morgan fingerprint density at radius 3 is 2.68 bits per heavy atom. The second-order valence-corrected chi connectivity index (χ2v) is 9.58. The number of benzene rings is 1. The molecule has 3 heterocycles. The van der Waals surface area contributed by atoms with Crippen LogP contribution in [0.4, 0.5) is 4.79 Å². The Bertz CT molecular complexity index is 934. The van der Waals surface area contributed by atoms with Crippen LogP contribution in [0.1, 0.15) is 62.5 Å². The molecular formula is C26H36N4O. The first-order valence-corrected chi connectivity index (χ1v) is 12.3. The highest BCUT2D eigenvalue weighted by molar-refractivity contribution is 5.87. The first-order valence-electron chi connectivity index (χ1n) is 12.3. The number of carbonyl (C=O) groups is 1. The third-order valence-electron chi connectivity index (χ3n) is 7.46.